The van der Waals surface area contributed by atoms with Gasteiger partial charge in [0.1, 0.15) is 23.0 Å². The number of fused-ring (bicyclic) bond motifs is 8. The first-order chi connectivity index (χ1) is 35.7. The molecule has 16 heteroatoms. The summed E-state index contributed by atoms with van der Waals surface area (Å²) >= 11 is 0. The molecule has 0 fully saturated rings. The molecule has 0 radical (unpaired) electrons. The van der Waals surface area contributed by atoms with E-state index in [-0.39, 0.29) is 61.5 Å². The van der Waals surface area contributed by atoms with E-state index < -0.39 is 67.7 Å². The standard InChI is InChI=1S/C61H75N3O13/c1-17-73-55(66)34(3)75-52-38-19-36-23-44(58(5,6)7)24-37(51(36)65)20-39-26-46(60(11,12)13)28-41(53(39)76-35(4)56(67)74-18-2)22-43-30-47(61(14,15)16)29-42(21-40(52)27-45(25-38)59(8,9)10)54(43)77-57(68)62-48-31-49(63(69)70)33-50(32-48)64(71)72/h23-35,65H,17-22H2,1-16H3,(H,62,68). The van der Waals surface area contributed by atoms with Gasteiger partial charge in [-0.05, 0) is 105 Å². The Labute approximate surface area is 452 Å². The number of phenols is 1. The van der Waals surface area contributed by atoms with Gasteiger partial charge >= 0.3 is 18.0 Å². The van der Waals surface area contributed by atoms with Crippen molar-refractivity contribution in [2.24, 2.45) is 0 Å². The number of carbonyl (C=O) groups excluding carboxylic acids is 3. The normalized spacial score (nSPS) is 13.7. The van der Waals surface area contributed by atoms with Crippen LogP contribution in [0.15, 0.2) is 66.7 Å². The molecule has 0 saturated heterocycles. The van der Waals surface area contributed by atoms with Crippen molar-refractivity contribution in [1.29, 1.82) is 0 Å². The first-order valence-electron chi connectivity index (χ1n) is 26.1. The van der Waals surface area contributed by atoms with Gasteiger partial charge in [0, 0.05) is 48.9 Å². The highest BCUT2D eigenvalue weighted by molar-refractivity contribution is 5.88. The van der Waals surface area contributed by atoms with Gasteiger partial charge in [0.2, 0.25) is 0 Å². The van der Waals surface area contributed by atoms with Crippen LogP contribution in [0.2, 0.25) is 0 Å². The second-order valence-electron chi connectivity index (χ2n) is 24.0. The number of nitrogens with zero attached hydrogens (tertiary/aromatic N) is 2. The van der Waals surface area contributed by atoms with Gasteiger partial charge in [-0.1, -0.05) is 132 Å². The summed E-state index contributed by atoms with van der Waals surface area (Å²) < 4.78 is 30.9. The zero-order chi connectivity index (χ0) is 57.3. The summed E-state index contributed by atoms with van der Waals surface area (Å²) in [5.41, 5.74) is 5.09. The Balaban J connectivity index is 1.80. The average molecular weight is 1060 g/mol. The molecule has 0 aromatic heterocycles. The number of anilines is 1. The molecule has 77 heavy (non-hydrogen) atoms. The highest BCUT2D eigenvalue weighted by Gasteiger charge is 2.32. The first-order valence-corrected chi connectivity index (χ1v) is 26.1. The van der Waals surface area contributed by atoms with E-state index in [2.05, 4.69) is 88.4 Å². The fraction of sp³-hybridized carbons (Fsp3) is 0.459. The highest BCUT2D eigenvalue weighted by Crippen LogP contribution is 2.45. The number of nitrogens with one attached hydrogen (secondary N) is 1. The molecule has 1 aliphatic rings. The van der Waals surface area contributed by atoms with Crippen LogP contribution >= 0.6 is 0 Å². The van der Waals surface area contributed by atoms with Crippen LogP contribution in [-0.4, -0.2) is 58.4 Å². The third-order valence-corrected chi connectivity index (χ3v) is 13.6. The Kier molecular flexibility index (Phi) is 17.3. The molecule has 0 saturated carbocycles. The van der Waals surface area contributed by atoms with Crippen molar-refractivity contribution in [3.05, 3.63) is 154 Å². The van der Waals surface area contributed by atoms with Crippen molar-refractivity contribution in [2.45, 2.75) is 170 Å². The van der Waals surface area contributed by atoms with Crippen LogP contribution in [0.5, 0.6) is 23.0 Å². The van der Waals surface area contributed by atoms with Crippen LogP contribution in [0.25, 0.3) is 0 Å². The van der Waals surface area contributed by atoms with E-state index in [1.54, 1.807) is 27.7 Å². The molecule has 5 aromatic rings. The van der Waals surface area contributed by atoms with Crippen LogP contribution in [0.4, 0.5) is 21.9 Å². The number of esters is 2. The van der Waals surface area contributed by atoms with E-state index >= 15 is 0 Å². The maximum absolute atomic E-state index is 14.5. The Morgan fingerprint density at radius 2 is 0.792 bits per heavy atom. The van der Waals surface area contributed by atoms with Gasteiger partial charge in [0.05, 0.1) is 34.8 Å². The quantitative estimate of drug-likeness (QED) is 0.0663. The number of amides is 1. The molecule has 16 nitrogen and oxygen atoms in total. The minimum atomic E-state index is -1.10. The number of nitro benzene ring substituents is 2. The maximum Gasteiger partial charge on any atom is 0.417 e. The third-order valence-electron chi connectivity index (χ3n) is 13.6. The average Bonchev–Trinajstić information content (AvgIpc) is 3.31. The van der Waals surface area contributed by atoms with E-state index in [0.717, 1.165) is 40.5 Å². The summed E-state index contributed by atoms with van der Waals surface area (Å²) in [6, 6.07) is 18.8. The van der Waals surface area contributed by atoms with Gasteiger partial charge in [-0.25, -0.2) is 14.4 Å². The van der Waals surface area contributed by atoms with E-state index in [4.69, 9.17) is 23.7 Å². The Morgan fingerprint density at radius 3 is 1.08 bits per heavy atom. The van der Waals surface area contributed by atoms with Crippen LogP contribution in [0, 0.1) is 20.2 Å². The zero-order valence-electron chi connectivity index (χ0n) is 47.5. The monoisotopic (exact) mass is 1060 g/mol. The molecule has 0 heterocycles. The topological polar surface area (TPSA) is 216 Å². The summed E-state index contributed by atoms with van der Waals surface area (Å²) in [6.07, 6.45) is -2.89. The smallest absolute Gasteiger partial charge is 0.417 e. The summed E-state index contributed by atoms with van der Waals surface area (Å²) in [5.74, 6) is -0.302. The number of nitro groups is 2. The van der Waals surface area contributed by atoms with Crippen LogP contribution in [0.3, 0.4) is 0 Å². The molecule has 5 aromatic carbocycles. The summed E-state index contributed by atoms with van der Waals surface area (Å²) in [4.78, 5) is 63.8. The van der Waals surface area contributed by atoms with Crippen LogP contribution in [0.1, 0.15) is 178 Å². The second kappa shape index (κ2) is 22.6. The van der Waals surface area contributed by atoms with E-state index in [9.17, 15) is 39.7 Å². The molecule has 0 aliphatic heterocycles. The Bertz CT molecular complexity index is 2940. The van der Waals surface area contributed by atoms with E-state index in [1.165, 1.54) is 0 Å². The third kappa shape index (κ3) is 14.1. The lowest BCUT2D eigenvalue weighted by atomic mass is 9.79. The number of rotatable bonds is 12. The lowest BCUT2D eigenvalue weighted by Gasteiger charge is -2.29. The van der Waals surface area contributed by atoms with Gasteiger partial charge in [-0.2, -0.15) is 0 Å². The van der Waals surface area contributed by atoms with Crippen molar-refractivity contribution in [2.75, 3.05) is 18.5 Å². The first kappa shape index (κ1) is 58.8. The summed E-state index contributed by atoms with van der Waals surface area (Å²) in [7, 11) is 0. The van der Waals surface area contributed by atoms with Gasteiger partial charge in [0.15, 0.2) is 12.2 Å². The lowest BCUT2D eigenvalue weighted by Crippen LogP contribution is -2.27. The van der Waals surface area contributed by atoms with E-state index in [0.29, 0.717) is 56.0 Å². The van der Waals surface area contributed by atoms with Crippen molar-refractivity contribution in [3.63, 3.8) is 0 Å². The number of aromatic hydroxyl groups is 1. The number of hydrogen-bond donors (Lipinski definition) is 2. The fourth-order valence-corrected chi connectivity index (χ4v) is 9.15. The Morgan fingerprint density at radius 1 is 0.506 bits per heavy atom. The van der Waals surface area contributed by atoms with Crippen molar-refractivity contribution >= 4 is 35.1 Å². The van der Waals surface area contributed by atoms with Crippen molar-refractivity contribution in [3.8, 4) is 23.0 Å². The Hall–Kier alpha value is -7.49. The molecule has 2 atom stereocenters. The highest BCUT2D eigenvalue weighted by atomic mass is 16.6. The summed E-state index contributed by atoms with van der Waals surface area (Å²) in [5, 5.41) is 39.1. The molecular formula is C61H75N3O13. The van der Waals surface area contributed by atoms with Crippen LogP contribution < -0.4 is 19.5 Å². The number of ether oxygens (including phenoxy) is 5. The maximum atomic E-state index is 14.5. The fourth-order valence-electron chi connectivity index (χ4n) is 9.15. The van der Waals surface area contributed by atoms with Gasteiger partial charge in [-0.15, -0.1) is 0 Å². The molecule has 412 valence electrons. The molecule has 6 rings (SSSR count). The van der Waals surface area contributed by atoms with Crippen molar-refractivity contribution in [1.82, 2.24) is 0 Å². The second-order valence-corrected chi connectivity index (χ2v) is 24.0. The van der Waals surface area contributed by atoms with Gasteiger partial charge in [-0.3, -0.25) is 25.5 Å². The predicted octanol–water partition coefficient (Wildman–Crippen LogP) is 13.3. The minimum absolute atomic E-state index is 0.0411. The van der Waals surface area contributed by atoms with Crippen LogP contribution in [-0.2, 0) is 66.4 Å². The number of benzene rings is 5. The van der Waals surface area contributed by atoms with Crippen molar-refractivity contribution < 1.29 is 53.0 Å². The molecule has 0 spiro atoms. The number of phenolic OH excluding ortho intramolecular Hbond substituents is 1. The molecule has 2 N–H and O–H groups in total. The number of carbonyl (C=O) groups is 3. The van der Waals surface area contributed by atoms with Gasteiger partial charge in [0.25, 0.3) is 11.4 Å². The zero-order valence-corrected chi connectivity index (χ0v) is 47.5. The molecular weight excluding hydrogens is 983 g/mol. The number of non-ortho nitro benzene ring substituents is 2. The minimum Gasteiger partial charge on any atom is -0.507 e. The molecule has 1 aliphatic carbocycles. The summed E-state index contributed by atoms with van der Waals surface area (Å²) in [6.45, 7) is 31.8. The lowest BCUT2D eigenvalue weighted by molar-refractivity contribution is -0.394. The molecule has 1 amide bonds. The number of hydrogen-bond acceptors (Lipinski definition) is 13. The predicted molar refractivity (Wildman–Crippen MR) is 296 cm³/mol. The molecule has 2 unspecified atom stereocenters. The largest absolute Gasteiger partial charge is 0.507 e. The SMILES string of the molecule is CCOC(=O)C(C)Oc1c2cc(C(C)(C)C)cc1Cc1cc(C(C)(C)C)cc(c1OC(=O)Nc1cc([N+](=O)[O-])cc([N+](=O)[O-])c1)Cc1cc(C(C)(C)C)cc(c1OC(C)C(=O)OCC)Cc1cc(C(C)(C)C)cc(c1O)C2. The van der Waals surface area contributed by atoms with Gasteiger partial charge < -0.3 is 28.8 Å². The molecule has 8 bridgehead atoms. The van der Waals surface area contributed by atoms with E-state index in [1.807, 2.05) is 48.5 Å².